The number of ether oxygens (including phenoxy) is 1. The molecule has 0 saturated carbocycles. The van der Waals surface area contributed by atoms with Crippen LogP contribution in [-0.4, -0.2) is 24.0 Å². The van der Waals surface area contributed by atoms with Gasteiger partial charge in [-0.25, -0.2) is 9.78 Å². The van der Waals surface area contributed by atoms with E-state index in [0.717, 1.165) is 27.9 Å². The Morgan fingerprint density at radius 1 is 1.00 bits per heavy atom. The van der Waals surface area contributed by atoms with Gasteiger partial charge in [-0.1, -0.05) is 90.1 Å². The molecule has 35 heavy (non-hydrogen) atoms. The fourth-order valence-corrected chi connectivity index (χ4v) is 5.42. The number of aldehydes is 1. The van der Waals surface area contributed by atoms with E-state index in [0.29, 0.717) is 15.6 Å². The molecule has 0 unspecified atom stereocenters. The van der Waals surface area contributed by atoms with Gasteiger partial charge in [0.15, 0.2) is 6.29 Å². The quantitative estimate of drug-likeness (QED) is 0.285. The van der Waals surface area contributed by atoms with E-state index in [1.54, 1.807) is 18.3 Å². The van der Waals surface area contributed by atoms with Crippen molar-refractivity contribution in [2.24, 2.45) is 0 Å². The van der Waals surface area contributed by atoms with Gasteiger partial charge in [0.05, 0.1) is 5.02 Å². The number of carbonyl (C=O) groups excluding carboxylic acids is 2. The molecule has 7 heteroatoms. The molecule has 0 saturated heterocycles. The molecule has 0 fully saturated rings. The Morgan fingerprint density at radius 3 is 2.37 bits per heavy atom. The molecular weight excluding hydrogens is 480 g/mol. The standard InChI is InChI=1S/C28H21ClN2O3S/c29-20-13-19(27(30-15-20)35-26-12-6-1-7-18(26)16-32)14-31-28(33)34-17-25-23-10-4-2-8-21(23)22-9-3-5-11-24(22)25/h1-13,15-16,25H,14,17H2,(H,31,33). The van der Waals surface area contributed by atoms with Crippen LogP contribution in [0, 0.1) is 0 Å². The molecule has 5 rings (SSSR count). The van der Waals surface area contributed by atoms with E-state index in [9.17, 15) is 9.59 Å². The van der Waals surface area contributed by atoms with E-state index in [1.807, 2.05) is 42.5 Å². The SMILES string of the molecule is O=Cc1ccccc1Sc1ncc(Cl)cc1CNC(=O)OCC1c2ccccc2-c2ccccc21. The van der Waals surface area contributed by atoms with Gasteiger partial charge in [-0.3, -0.25) is 4.79 Å². The summed E-state index contributed by atoms with van der Waals surface area (Å²) >= 11 is 7.52. The number of benzene rings is 3. The lowest BCUT2D eigenvalue weighted by Crippen LogP contribution is -2.26. The normalized spacial score (nSPS) is 12.0. The van der Waals surface area contributed by atoms with Crippen molar-refractivity contribution in [2.45, 2.75) is 22.4 Å². The number of halogens is 1. The average molecular weight is 501 g/mol. The lowest BCUT2D eigenvalue weighted by Gasteiger charge is -2.15. The predicted octanol–water partition coefficient (Wildman–Crippen LogP) is 6.74. The van der Waals surface area contributed by atoms with E-state index in [1.165, 1.54) is 22.9 Å². The van der Waals surface area contributed by atoms with Gasteiger partial charge in [-0.2, -0.15) is 0 Å². The Hall–Kier alpha value is -3.61. The third kappa shape index (κ3) is 4.94. The minimum Gasteiger partial charge on any atom is -0.449 e. The Labute approximate surface area is 212 Å². The van der Waals surface area contributed by atoms with Crippen LogP contribution in [-0.2, 0) is 11.3 Å². The highest BCUT2D eigenvalue weighted by Gasteiger charge is 2.29. The molecule has 0 aliphatic heterocycles. The van der Waals surface area contributed by atoms with E-state index >= 15 is 0 Å². The Kier molecular flexibility index (Phi) is 6.84. The summed E-state index contributed by atoms with van der Waals surface area (Å²) < 4.78 is 5.63. The van der Waals surface area contributed by atoms with Crippen molar-refractivity contribution in [3.63, 3.8) is 0 Å². The zero-order valence-electron chi connectivity index (χ0n) is 18.6. The molecule has 1 aromatic heterocycles. The van der Waals surface area contributed by atoms with Gasteiger partial charge in [0, 0.05) is 34.7 Å². The average Bonchev–Trinajstić information content (AvgIpc) is 3.21. The van der Waals surface area contributed by atoms with Crippen molar-refractivity contribution < 1.29 is 14.3 Å². The van der Waals surface area contributed by atoms with Crippen LogP contribution in [0.3, 0.4) is 0 Å². The van der Waals surface area contributed by atoms with Crippen molar-refractivity contribution in [1.82, 2.24) is 10.3 Å². The molecule has 3 aromatic carbocycles. The molecular formula is C28H21ClN2O3S. The van der Waals surface area contributed by atoms with Crippen molar-refractivity contribution in [3.8, 4) is 11.1 Å². The number of carbonyl (C=O) groups is 2. The Bertz CT molecular complexity index is 1360. The Balaban J connectivity index is 1.26. The highest BCUT2D eigenvalue weighted by atomic mass is 35.5. The van der Waals surface area contributed by atoms with E-state index in [4.69, 9.17) is 16.3 Å². The van der Waals surface area contributed by atoms with Crippen LogP contribution < -0.4 is 5.32 Å². The zero-order chi connectivity index (χ0) is 24.2. The van der Waals surface area contributed by atoms with Crippen molar-refractivity contribution in [2.75, 3.05) is 6.61 Å². The number of nitrogens with zero attached hydrogens (tertiary/aromatic N) is 1. The van der Waals surface area contributed by atoms with Crippen molar-refractivity contribution >= 4 is 35.7 Å². The zero-order valence-corrected chi connectivity index (χ0v) is 20.2. The van der Waals surface area contributed by atoms with Crippen LogP contribution in [0.2, 0.25) is 5.02 Å². The minimum atomic E-state index is -0.518. The second kappa shape index (κ2) is 10.3. The summed E-state index contributed by atoms with van der Waals surface area (Å²) in [6, 6.07) is 25.4. The fraction of sp³-hybridized carbons (Fsp3) is 0.107. The molecule has 0 radical (unpaired) electrons. The number of amides is 1. The largest absolute Gasteiger partial charge is 0.449 e. The predicted molar refractivity (Wildman–Crippen MR) is 137 cm³/mol. The van der Waals surface area contributed by atoms with Gasteiger partial charge < -0.3 is 10.1 Å². The van der Waals surface area contributed by atoms with E-state index < -0.39 is 6.09 Å². The molecule has 174 valence electrons. The molecule has 0 spiro atoms. The first-order valence-electron chi connectivity index (χ1n) is 11.1. The van der Waals surface area contributed by atoms with Gasteiger partial charge in [0.1, 0.15) is 11.6 Å². The molecule has 4 aromatic rings. The molecule has 0 atom stereocenters. The molecule has 1 amide bonds. The summed E-state index contributed by atoms with van der Waals surface area (Å²) in [7, 11) is 0. The summed E-state index contributed by atoms with van der Waals surface area (Å²) in [5.41, 5.74) is 5.99. The second-order valence-electron chi connectivity index (χ2n) is 8.05. The van der Waals surface area contributed by atoms with Crippen LogP contribution in [0.25, 0.3) is 11.1 Å². The number of nitrogens with one attached hydrogen (secondary N) is 1. The summed E-state index contributed by atoms with van der Waals surface area (Å²) in [6.45, 7) is 0.428. The van der Waals surface area contributed by atoms with E-state index in [-0.39, 0.29) is 19.1 Å². The van der Waals surface area contributed by atoms with Crippen LogP contribution in [0.5, 0.6) is 0 Å². The van der Waals surface area contributed by atoms with Gasteiger partial charge >= 0.3 is 6.09 Å². The molecule has 1 heterocycles. The second-order valence-corrected chi connectivity index (χ2v) is 9.52. The minimum absolute atomic E-state index is 0.00746. The number of hydrogen-bond donors (Lipinski definition) is 1. The number of rotatable bonds is 7. The van der Waals surface area contributed by atoms with Crippen molar-refractivity contribution in [1.29, 1.82) is 0 Å². The van der Waals surface area contributed by atoms with Gasteiger partial charge in [0.2, 0.25) is 0 Å². The summed E-state index contributed by atoms with van der Waals surface area (Å²) in [4.78, 5) is 29.2. The van der Waals surface area contributed by atoms with Gasteiger partial charge in [0.25, 0.3) is 0 Å². The first-order chi connectivity index (χ1) is 17.1. The smallest absolute Gasteiger partial charge is 0.407 e. The number of hydrogen-bond acceptors (Lipinski definition) is 5. The topological polar surface area (TPSA) is 68.3 Å². The molecule has 1 N–H and O–H groups in total. The maximum absolute atomic E-state index is 12.6. The molecule has 1 aliphatic carbocycles. The van der Waals surface area contributed by atoms with Crippen LogP contribution >= 0.6 is 23.4 Å². The third-order valence-electron chi connectivity index (χ3n) is 5.91. The summed E-state index contributed by atoms with van der Waals surface area (Å²) in [6.07, 6.45) is 1.84. The highest BCUT2D eigenvalue weighted by Crippen LogP contribution is 2.44. The van der Waals surface area contributed by atoms with Crippen LogP contribution in [0.15, 0.2) is 95.0 Å². The van der Waals surface area contributed by atoms with Crippen LogP contribution in [0.1, 0.15) is 33.0 Å². The maximum Gasteiger partial charge on any atom is 0.407 e. The third-order valence-corrected chi connectivity index (χ3v) is 7.27. The van der Waals surface area contributed by atoms with Gasteiger partial charge in [-0.05, 0) is 34.4 Å². The lowest BCUT2D eigenvalue weighted by atomic mass is 9.98. The number of pyridine rings is 1. The summed E-state index contributed by atoms with van der Waals surface area (Å²) in [5.74, 6) is -0.00746. The van der Waals surface area contributed by atoms with Crippen LogP contribution in [0.4, 0.5) is 4.79 Å². The Morgan fingerprint density at radius 2 is 1.66 bits per heavy atom. The van der Waals surface area contributed by atoms with Crippen molar-refractivity contribution in [3.05, 3.63) is 112 Å². The summed E-state index contributed by atoms with van der Waals surface area (Å²) in [5, 5.41) is 3.93. The molecule has 0 bridgehead atoms. The number of fused-ring (bicyclic) bond motifs is 3. The highest BCUT2D eigenvalue weighted by molar-refractivity contribution is 7.99. The van der Waals surface area contributed by atoms with Gasteiger partial charge in [-0.15, -0.1) is 0 Å². The van der Waals surface area contributed by atoms with E-state index in [2.05, 4.69) is 34.6 Å². The number of aromatic nitrogens is 1. The maximum atomic E-state index is 12.6. The first kappa shape index (κ1) is 23.1. The fourth-order valence-electron chi connectivity index (χ4n) is 4.28. The monoisotopic (exact) mass is 500 g/mol. The molecule has 5 nitrogen and oxygen atoms in total. The number of alkyl carbamates (subject to hydrolysis) is 1. The molecule has 1 aliphatic rings. The lowest BCUT2D eigenvalue weighted by molar-refractivity contribution is 0.112. The first-order valence-corrected chi connectivity index (χ1v) is 12.3.